The van der Waals surface area contributed by atoms with Crippen molar-refractivity contribution in [1.29, 1.82) is 0 Å². The molecule has 0 amide bonds. The highest BCUT2D eigenvalue weighted by atomic mass is 35.5. The van der Waals surface area contributed by atoms with Crippen LogP contribution in [0.2, 0.25) is 10.0 Å². The van der Waals surface area contributed by atoms with Gasteiger partial charge in [0.15, 0.2) is 0 Å². The van der Waals surface area contributed by atoms with Gasteiger partial charge in [-0.2, -0.15) is 0 Å². The summed E-state index contributed by atoms with van der Waals surface area (Å²) in [7, 11) is 0. The molecule has 2 aromatic carbocycles. The Morgan fingerprint density at radius 2 is 1.47 bits per heavy atom. The molecule has 1 N–H and O–H groups in total. The second-order valence-corrected chi connectivity index (χ2v) is 4.11. The summed E-state index contributed by atoms with van der Waals surface area (Å²) in [6.07, 6.45) is 0. The molecule has 0 fully saturated rings. The van der Waals surface area contributed by atoms with E-state index in [1.165, 1.54) is 6.07 Å². The van der Waals surface area contributed by atoms with Gasteiger partial charge in [0.05, 0.1) is 15.7 Å². The van der Waals surface area contributed by atoms with E-state index in [0.717, 1.165) is 12.1 Å². The van der Waals surface area contributed by atoms with Gasteiger partial charge in [-0.3, -0.25) is 0 Å². The van der Waals surface area contributed by atoms with Gasteiger partial charge in [-0.25, -0.2) is 8.78 Å². The summed E-state index contributed by atoms with van der Waals surface area (Å²) in [6, 6.07) is 8.41. The van der Waals surface area contributed by atoms with Gasteiger partial charge in [-0.15, -0.1) is 0 Å². The predicted molar refractivity (Wildman–Crippen MR) is 66.1 cm³/mol. The van der Waals surface area contributed by atoms with Crippen LogP contribution in [-0.4, -0.2) is 0 Å². The molecular formula is C12H7Cl2F2N. The van der Waals surface area contributed by atoms with Gasteiger partial charge in [0.1, 0.15) is 17.3 Å². The predicted octanol–water partition coefficient (Wildman–Crippen LogP) is 5.02. The highest BCUT2D eigenvalue weighted by Gasteiger charge is 2.11. The second-order valence-electron chi connectivity index (χ2n) is 3.32. The second kappa shape index (κ2) is 4.90. The van der Waals surface area contributed by atoms with Crippen molar-refractivity contribution < 1.29 is 8.78 Å². The molecular weight excluding hydrogens is 267 g/mol. The third-order valence-electron chi connectivity index (χ3n) is 2.17. The molecule has 0 saturated heterocycles. The normalized spacial score (nSPS) is 10.4. The number of halogens is 4. The molecule has 1 nitrogen and oxygen atoms in total. The van der Waals surface area contributed by atoms with Crippen LogP contribution in [0.15, 0.2) is 36.4 Å². The van der Waals surface area contributed by atoms with Crippen LogP contribution in [0.25, 0.3) is 0 Å². The Labute approximate surface area is 107 Å². The lowest BCUT2D eigenvalue weighted by Gasteiger charge is -2.10. The molecule has 0 saturated carbocycles. The van der Waals surface area contributed by atoms with E-state index in [9.17, 15) is 8.78 Å². The average molecular weight is 274 g/mol. The zero-order valence-electron chi connectivity index (χ0n) is 8.48. The number of nitrogens with one attached hydrogen (secondary N) is 1. The van der Waals surface area contributed by atoms with Gasteiger partial charge in [-0.05, 0) is 24.3 Å². The zero-order valence-corrected chi connectivity index (χ0v) is 9.99. The fraction of sp³-hybridized carbons (Fsp3) is 0. The van der Waals surface area contributed by atoms with Crippen LogP contribution in [-0.2, 0) is 0 Å². The molecule has 0 aliphatic heterocycles. The fourth-order valence-electron chi connectivity index (χ4n) is 1.35. The van der Waals surface area contributed by atoms with Crippen LogP contribution in [0.4, 0.5) is 20.2 Å². The summed E-state index contributed by atoms with van der Waals surface area (Å²) in [4.78, 5) is 0. The topological polar surface area (TPSA) is 12.0 Å². The van der Waals surface area contributed by atoms with E-state index in [2.05, 4.69) is 5.32 Å². The monoisotopic (exact) mass is 273 g/mol. The molecule has 0 heterocycles. The SMILES string of the molecule is Fc1cccc(F)c1Nc1cccc(Cl)c1Cl. The molecule has 0 aliphatic rings. The number of hydrogen-bond acceptors (Lipinski definition) is 1. The van der Waals surface area contributed by atoms with Crippen LogP contribution >= 0.6 is 23.2 Å². The number of hydrogen-bond donors (Lipinski definition) is 1. The summed E-state index contributed by atoms with van der Waals surface area (Å²) < 4.78 is 26.8. The maximum Gasteiger partial charge on any atom is 0.149 e. The molecule has 0 bridgehead atoms. The highest BCUT2D eigenvalue weighted by molar-refractivity contribution is 6.43. The van der Waals surface area contributed by atoms with Gasteiger partial charge >= 0.3 is 0 Å². The van der Waals surface area contributed by atoms with Crippen LogP contribution in [0.3, 0.4) is 0 Å². The number of para-hydroxylation sites is 1. The van der Waals surface area contributed by atoms with Crippen LogP contribution in [0, 0.1) is 11.6 Å². The van der Waals surface area contributed by atoms with Crippen LogP contribution in [0.5, 0.6) is 0 Å². The molecule has 0 aliphatic carbocycles. The number of benzene rings is 2. The summed E-state index contributed by atoms with van der Waals surface area (Å²) in [5.41, 5.74) is 0.0971. The Hall–Kier alpha value is -1.32. The smallest absolute Gasteiger partial charge is 0.149 e. The number of anilines is 2. The first-order chi connectivity index (χ1) is 8.09. The molecule has 17 heavy (non-hydrogen) atoms. The Morgan fingerprint density at radius 3 is 2.12 bits per heavy atom. The quantitative estimate of drug-likeness (QED) is 0.811. The molecule has 0 aromatic heterocycles. The number of rotatable bonds is 2. The third-order valence-corrected chi connectivity index (χ3v) is 2.99. The molecule has 88 valence electrons. The van der Waals surface area contributed by atoms with Crippen LogP contribution < -0.4 is 5.32 Å². The Balaban J connectivity index is 2.42. The summed E-state index contributed by atoms with van der Waals surface area (Å²) >= 11 is 11.7. The lowest BCUT2D eigenvalue weighted by atomic mass is 10.2. The van der Waals surface area contributed by atoms with Crippen molar-refractivity contribution in [2.45, 2.75) is 0 Å². The van der Waals surface area contributed by atoms with E-state index in [0.29, 0.717) is 10.7 Å². The van der Waals surface area contributed by atoms with E-state index in [1.54, 1.807) is 18.2 Å². The van der Waals surface area contributed by atoms with Crippen LogP contribution in [0.1, 0.15) is 0 Å². The minimum Gasteiger partial charge on any atom is -0.349 e. The van der Waals surface area contributed by atoms with Crippen molar-refractivity contribution >= 4 is 34.6 Å². The molecule has 2 aromatic rings. The molecule has 0 spiro atoms. The average Bonchev–Trinajstić information content (AvgIpc) is 2.29. The minimum absolute atomic E-state index is 0.219. The first kappa shape index (κ1) is 12.1. The Bertz CT molecular complexity index is 538. The van der Waals surface area contributed by atoms with E-state index in [1.807, 2.05) is 0 Å². The standard InChI is InChI=1S/C12H7Cl2F2N/c13-7-3-1-6-10(11(7)14)17-12-8(15)4-2-5-9(12)16/h1-6,17H. The van der Waals surface area contributed by atoms with Gasteiger partial charge in [-0.1, -0.05) is 35.3 Å². The summed E-state index contributed by atoms with van der Waals surface area (Å²) in [5.74, 6) is -1.39. The molecule has 2 rings (SSSR count). The van der Waals surface area contributed by atoms with Crippen molar-refractivity contribution in [2.24, 2.45) is 0 Å². The maximum absolute atomic E-state index is 13.4. The van der Waals surface area contributed by atoms with Crippen molar-refractivity contribution in [3.63, 3.8) is 0 Å². The van der Waals surface area contributed by atoms with Gasteiger partial charge in [0.25, 0.3) is 0 Å². The van der Waals surface area contributed by atoms with Crippen molar-refractivity contribution in [1.82, 2.24) is 0 Å². The van der Waals surface area contributed by atoms with E-state index >= 15 is 0 Å². The summed E-state index contributed by atoms with van der Waals surface area (Å²) in [5, 5.41) is 3.12. The molecule has 0 unspecified atom stereocenters. The molecule has 0 atom stereocenters. The lowest BCUT2D eigenvalue weighted by molar-refractivity contribution is 0.591. The molecule has 0 radical (unpaired) electrons. The first-order valence-electron chi connectivity index (χ1n) is 4.74. The van der Waals surface area contributed by atoms with E-state index < -0.39 is 11.6 Å². The first-order valence-corrected chi connectivity index (χ1v) is 5.50. The maximum atomic E-state index is 13.4. The third kappa shape index (κ3) is 2.51. The highest BCUT2D eigenvalue weighted by Crippen LogP contribution is 2.33. The fourth-order valence-corrected chi connectivity index (χ4v) is 1.70. The van der Waals surface area contributed by atoms with Crippen molar-refractivity contribution in [3.05, 3.63) is 58.1 Å². The van der Waals surface area contributed by atoms with E-state index in [-0.39, 0.29) is 10.7 Å². The zero-order chi connectivity index (χ0) is 12.4. The van der Waals surface area contributed by atoms with Crippen molar-refractivity contribution in [3.8, 4) is 0 Å². The largest absolute Gasteiger partial charge is 0.349 e. The van der Waals surface area contributed by atoms with E-state index in [4.69, 9.17) is 23.2 Å². The molecule has 5 heteroatoms. The minimum atomic E-state index is -0.693. The summed E-state index contributed by atoms with van der Waals surface area (Å²) in [6.45, 7) is 0. The lowest BCUT2D eigenvalue weighted by Crippen LogP contribution is -1.97. The Morgan fingerprint density at radius 1 is 0.882 bits per heavy atom. The van der Waals surface area contributed by atoms with Gasteiger partial charge in [0.2, 0.25) is 0 Å². The van der Waals surface area contributed by atoms with Crippen molar-refractivity contribution in [2.75, 3.05) is 5.32 Å². The van der Waals surface area contributed by atoms with Gasteiger partial charge in [0, 0.05) is 0 Å². The Kier molecular flexibility index (Phi) is 3.50. The van der Waals surface area contributed by atoms with Gasteiger partial charge < -0.3 is 5.32 Å².